The van der Waals surface area contributed by atoms with Gasteiger partial charge in [0.15, 0.2) is 0 Å². The van der Waals surface area contributed by atoms with Crippen LogP contribution in [0.3, 0.4) is 0 Å². The van der Waals surface area contributed by atoms with E-state index in [1.54, 1.807) is 6.92 Å². The van der Waals surface area contributed by atoms with Gasteiger partial charge in [-0.25, -0.2) is 0 Å². The van der Waals surface area contributed by atoms with Gasteiger partial charge < -0.3 is 5.32 Å². The minimum absolute atomic E-state index is 0.122. The summed E-state index contributed by atoms with van der Waals surface area (Å²) in [4.78, 5) is 22.8. The van der Waals surface area contributed by atoms with Gasteiger partial charge in [0.25, 0.3) is 0 Å². The van der Waals surface area contributed by atoms with Crippen LogP contribution in [0.4, 0.5) is 5.69 Å². The minimum atomic E-state index is -0.597. The fourth-order valence-corrected chi connectivity index (χ4v) is 1.30. The Morgan fingerprint density at radius 1 is 1.25 bits per heavy atom. The first-order valence-corrected chi connectivity index (χ1v) is 5.30. The highest BCUT2D eigenvalue weighted by molar-refractivity contribution is 6.06. The Morgan fingerprint density at radius 3 is 2.44 bits per heavy atom. The van der Waals surface area contributed by atoms with Crippen LogP contribution in [0.1, 0.15) is 25.0 Å². The van der Waals surface area contributed by atoms with Gasteiger partial charge in [0, 0.05) is 5.69 Å². The van der Waals surface area contributed by atoms with Crippen LogP contribution in [0.5, 0.6) is 0 Å². The molecule has 86 valence electrons. The van der Waals surface area contributed by atoms with E-state index in [1.165, 1.54) is 6.92 Å². The topological polar surface area (TPSA) is 46.2 Å². The van der Waals surface area contributed by atoms with Crippen molar-refractivity contribution < 1.29 is 9.59 Å². The second-order valence-corrected chi connectivity index (χ2v) is 4.14. The average Bonchev–Trinajstić information content (AvgIpc) is 2.22. The van der Waals surface area contributed by atoms with Crippen LogP contribution in [0.2, 0.25) is 0 Å². The van der Waals surface area contributed by atoms with Crippen molar-refractivity contribution in [3.63, 3.8) is 0 Å². The molecule has 1 atom stereocenters. The van der Waals surface area contributed by atoms with Crippen molar-refractivity contribution >= 4 is 17.4 Å². The molecule has 0 radical (unpaired) electrons. The van der Waals surface area contributed by atoms with Gasteiger partial charge in [-0.15, -0.1) is 0 Å². The van der Waals surface area contributed by atoms with E-state index >= 15 is 0 Å². The quantitative estimate of drug-likeness (QED) is 0.794. The van der Waals surface area contributed by atoms with Crippen molar-refractivity contribution in [1.29, 1.82) is 0 Å². The first-order chi connectivity index (χ1) is 7.41. The van der Waals surface area contributed by atoms with Crippen molar-refractivity contribution in [2.45, 2.75) is 27.7 Å². The van der Waals surface area contributed by atoms with Crippen molar-refractivity contribution in [1.82, 2.24) is 0 Å². The van der Waals surface area contributed by atoms with E-state index in [4.69, 9.17) is 0 Å². The zero-order chi connectivity index (χ0) is 12.3. The van der Waals surface area contributed by atoms with Crippen molar-refractivity contribution in [2.24, 2.45) is 5.92 Å². The highest BCUT2D eigenvalue weighted by atomic mass is 16.2. The predicted octanol–water partition coefficient (Wildman–Crippen LogP) is 2.47. The molecule has 0 aliphatic rings. The maximum atomic E-state index is 11.7. The third-order valence-corrected chi connectivity index (χ3v) is 2.65. The molecular formula is C13H17NO2. The Kier molecular flexibility index (Phi) is 3.82. The number of hydrogen-bond acceptors (Lipinski definition) is 2. The summed E-state index contributed by atoms with van der Waals surface area (Å²) in [6, 6.07) is 5.84. The number of anilines is 1. The molecule has 16 heavy (non-hydrogen) atoms. The lowest BCUT2D eigenvalue weighted by atomic mass is 10.1. The molecule has 0 heterocycles. The molecule has 0 aliphatic heterocycles. The SMILES string of the molecule is CC(=O)C(C)C(=O)Nc1cc(C)ccc1C. The van der Waals surface area contributed by atoms with Gasteiger partial charge in [-0.2, -0.15) is 0 Å². The molecular weight excluding hydrogens is 202 g/mol. The van der Waals surface area contributed by atoms with Gasteiger partial charge >= 0.3 is 0 Å². The zero-order valence-electron chi connectivity index (χ0n) is 10.1. The number of Topliss-reactive ketones (excluding diaryl/α,β-unsaturated/α-hetero) is 1. The average molecular weight is 219 g/mol. The largest absolute Gasteiger partial charge is 0.325 e. The number of carbonyl (C=O) groups is 2. The molecule has 1 aromatic rings. The smallest absolute Gasteiger partial charge is 0.234 e. The lowest BCUT2D eigenvalue weighted by Gasteiger charge is -2.12. The zero-order valence-corrected chi connectivity index (χ0v) is 10.1. The van der Waals surface area contributed by atoms with E-state index in [-0.39, 0.29) is 11.7 Å². The highest BCUT2D eigenvalue weighted by Crippen LogP contribution is 2.17. The van der Waals surface area contributed by atoms with Crippen LogP contribution < -0.4 is 5.32 Å². The molecule has 3 nitrogen and oxygen atoms in total. The molecule has 0 aromatic heterocycles. The molecule has 3 heteroatoms. The van der Waals surface area contributed by atoms with Crippen LogP contribution in [-0.2, 0) is 9.59 Å². The van der Waals surface area contributed by atoms with Crippen molar-refractivity contribution in [2.75, 3.05) is 5.32 Å². The van der Waals surface area contributed by atoms with Gasteiger partial charge in [-0.3, -0.25) is 9.59 Å². The second kappa shape index (κ2) is 4.92. The van der Waals surface area contributed by atoms with E-state index < -0.39 is 5.92 Å². The molecule has 1 N–H and O–H groups in total. The molecule has 1 rings (SSSR count). The summed E-state index contributed by atoms with van der Waals surface area (Å²) in [7, 11) is 0. The Balaban J connectivity index is 2.84. The monoisotopic (exact) mass is 219 g/mol. The normalized spacial score (nSPS) is 12.0. The third-order valence-electron chi connectivity index (χ3n) is 2.65. The summed E-state index contributed by atoms with van der Waals surface area (Å²) in [5.74, 6) is -0.969. The predicted molar refractivity (Wildman–Crippen MR) is 64.4 cm³/mol. The number of rotatable bonds is 3. The van der Waals surface area contributed by atoms with Crippen molar-refractivity contribution in [3.8, 4) is 0 Å². The fourth-order valence-electron chi connectivity index (χ4n) is 1.30. The number of nitrogens with one attached hydrogen (secondary N) is 1. The first kappa shape index (κ1) is 12.4. The number of hydrogen-bond donors (Lipinski definition) is 1. The van der Waals surface area contributed by atoms with Crippen molar-refractivity contribution in [3.05, 3.63) is 29.3 Å². The number of amides is 1. The number of carbonyl (C=O) groups excluding carboxylic acids is 2. The molecule has 0 spiro atoms. The van der Waals surface area contributed by atoms with Gasteiger partial charge in [0.1, 0.15) is 5.78 Å². The standard InChI is InChI=1S/C13H17NO2/c1-8-5-6-9(2)12(7-8)14-13(16)10(3)11(4)15/h5-7,10H,1-4H3,(H,14,16). The lowest BCUT2D eigenvalue weighted by Crippen LogP contribution is -2.25. The molecule has 0 fully saturated rings. The van der Waals surface area contributed by atoms with E-state index in [9.17, 15) is 9.59 Å². The van der Waals surface area contributed by atoms with Crippen LogP contribution in [-0.4, -0.2) is 11.7 Å². The minimum Gasteiger partial charge on any atom is -0.325 e. The summed E-state index contributed by atoms with van der Waals surface area (Å²) >= 11 is 0. The lowest BCUT2D eigenvalue weighted by molar-refractivity contribution is -0.129. The summed E-state index contributed by atoms with van der Waals surface area (Å²) in [5.41, 5.74) is 2.85. The Morgan fingerprint density at radius 2 is 1.88 bits per heavy atom. The Labute approximate surface area is 95.9 Å². The van der Waals surface area contributed by atoms with Gasteiger partial charge in [-0.1, -0.05) is 12.1 Å². The number of aryl methyl sites for hydroxylation is 2. The van der Waals surface area contributed by atoms with E-state index in [0.717, 1.165) is 16.8 Å². The highest BCUT2D eigenvalue weighted by Gasteiger charge is 2.17. The van der Waals surface area contributed by atoms with Crippen LogP contribution in [0.15, 0.2) is 18.2 Å². The van der Waals surface area contributed by atoms with Crippen LogP contribution in [0.25, 0.3) is 0 Å². The molecule has 0 bridgehead atoms. The number of benzene rings is 1. The van der Waals surface area contributed by atoms with Gasteiger partial charge in [-0.05, 0) is 44.9 Å². The van der Waals surface area contributed by atoms with Gasteiger partial charge in [0.2, 0.25) is 5.91 Å². The summed E-state index contributed by atoms with van der Waals surface area (Å²) in [5, 5.41) is 2.77. The fraction of sp³-hybridized carbons (Fsp3) is 0.385. The Bertz CT molecular complexity index is 424. The van der Waals surface area contributed by atoms with E-state index in [1.807, 2.05) is 32.0 Å². The van der Waals surface area contributed by atoms with Crippen LogP contribution in [0, 0.1) is 19.8 Å². The summed E-state index contributed by atoms with van der Waals surface area (Å²) in [6.45, 7) is 6.92. The number of ketones is 1. The molecule has 1 unspecified atom stereocenters. The molecule has 0 saturated carbocycles. The molecule has 0 aliphatic carbocycles. The molecule has 1 aromatic carbocycles. The maximum Gasteiger partial charge on any atom is 0.234 e. The third kappa shape index (κ3) is 2.92. The summed E-state index contributed by atoms with van der Waals surface area (Å²) < 4.78 is 0. The summed E-state index contributed by atoms with van der Waals surface area (Å²) in [6.07, 6.45) is 0. The van der Waals surface area contributed by atoms with E-state index in [2.05, 4.69) is 5.32 Å². The first-order valence-electron chi connectivity index (χ1n) is 5.30. The maximum absolute atomic E-state index is 11.7. The Hall–Kier alpha value is -1.64. The van der Waals surface area contributed by atoms with Gasteiger partial charge in [0.05, 0.1) is 5.92 Å². The van der Waals surface area contributed by atoms with E-state index in [0.29, 0.717) is 0 Å². The molecule has 0 saturated heterocycles. The second-order valence-electron chi connectivity index (χ2n) is 4.14. The van der Waals surface area contributed by atoms with Crippen LogP contribution >= 0.6 is 0 Å². The molecule has 1 amide bonds.